The Morgan fingerprint density at radius 3 is 2.10 bits per heavy atom. The van der Waals surface area contributed by atoms with Crippen molar-refractivity contribution in [1.82, 2.24) is 0 Å². The molecule has 0 N–H and O–H groups in total. The fraction of sp³-hybridized carbons (Fsp3) is 0.269. The van der Waals surface area contributed by atoms with Crippen molar-refractivity contribution in [2.75, 3.05) is 13.2 Å². The van der Waals surface area contributed by atoms with E-state index in [1.54, 1.807) is 25.1 Å². The highest BCUT2D eigenvalue weighted by molar-refractivity contribution is 5.90. The van der Waals surface area contributed by atoms with Gasteiger partial charge in [-0.2, -0.15) is 0 Å². The fourth-order valence-corrected chi connectivity index (χ4v) is 3.14. The quantitative estimate of drug-likeness (QED) is 0.399. The first kappa shape index (κ1) is 21.4. The minimum atomic E-state index is -0.376. The Bertz CT molecular complexity index is 938. The highest BCUT2D eigenvalue weighted by Crippen LogP contribution is 2.33. The van der Waals surface area contributed by atoms with E-state index in [-0.39, 0.29) is 18.0 Å². The topological polar surface area (TPSA) is 44.8 Å². The first-order chi connectivity index (χ1) is 14.6. The lowest BCUT2D eigenvalue weighted by molar-refractivity contribution is 0.0525. The van der Waals surface area contributed by atoms with Gasteiger partial charge < -0.3 is 14.2 Å². The van der Waals surface area contributed by atoms with Crippen LogP contribution >= 0.6 is 0 Å². The summed E-state index contributed by atoms with van der Waals surface area (Å²) in [6.45, 7) is 6.70. The van der Waals surface area contributed by atoms with E-state index in [4.69, 9.17) is 14.2 Å². The molecule has 4 nitrogen and oxygen atoms in total. The normalized spacial score (nSPS) is 12.6. The minimum absolute atomic E-state index is 0.197. The molecule has 1 unspecified atom stereocenters. The van der Waals surface area contributed by atoms with Crippen LogP contribution in [0.25, 0.3) is 0 Å². The van der Waals surface area contributed by atoms with Gasteiger partial charge >= 0.3 is 5.97 Å². The number of hydrogen-bond donors (Lipinski definition) is 0. The molecule has 0 aliphatic heterocycles. The number of carbonyl (C=O) groups excluding carboxylic acids is 1. The second kappa shape index (κ2) is 10.5. The molecule has 0 aliphatic carbocycles. The molecule has 0 aromatic heterocycles. The SMILES string of the molecule is CCOC(=O)c1ccc(OCC(C)c2ccccc2)c(O[C@H](C)c2ccccc2)c1. The third-order valence-electron chi connectivity index (χ3n) is 4.89. The fourth-order valence-electron chi connectivity index (χ4n) is 3.14. The van der Waals surface area contributed by atoms with Crippen molar-refractivity contribution in [3.63, 3.8) is 0 Å². The number of esters is 1. The van der Waals surface area contributed by atoms with Gasteiger partial charge in [-0.25, -0.2) is 4.79 Å². The molecule has 0 saturated carbocycles. The molecule has 0 fully saturated rings. The number of carbonyl (C=O) groups is 1. The molecule has 0 spiro atoms. The van der Waals surface area contributed by atoms with E-state index in [0.29, 0.717) is 30.3 Å². The third kappa shape index (κ3) is 5.63. The summed E-state index contributed by atoms with van der Waals surface area (Å²) in [5.74, 6) is 0.972. The maximum absolute atomic E-state index is 12.2. The molecule has 3 rings (SSSR count). The number of rotatable bonds is 9. The van der Waals surface area contributed by atoms with Crippen LogP contribution in [0, 0.1) is 0 Å². The molecule has 0 radical (unpaired) electrons. The van der Waals surface area contributed by atoms with Crippen molar-refractivity contribution in [2.45, 2.75) is 32.8 Å². The van der Waals surface area contributed by atoms with Gasteiger partial charge in [0.1, 0.15) is 6.10 Å². The van der Waals surface area contributed by atoms with Gasteiger partial charge in [-0.3, -0.25) is 0 Å². The maximum atomic E-state index is 12.2. The van der Waals surface area contributed by atoms with Crippen LogP contribution in [0.5, 0.6) is 11.5 Å². The molecule has 2 atom stereocenters. The summed E-state index contributed by atoms with van der Waals surface area (Å²) in [5, 5.41) is 0. The van der Waals surface area contributed by atoms with Crippen LogP contribution < -0.4 is 9.47 Å². The lowest BCUT2D eigenvalue weighted by Gasteiger charge is -2.20. The zero-order valence-electron chi connectivity index (χ0n) is 17.7. The van der Waals surface area contributed by atoms with Crippen molar-refractivity contribution >= 4 is 5.97 Å². The van der Waals surface area contributed by atoms with E-state index in [9.17, 15) is 4.79 Å². The minimum Gasteiger partial charge on any atom is -0.489 e. The summed E-state index contributed by atoms with van der Waals surface area (Å²) in [4.78, 5) is 12.2. The number of benzene rings is 3. The molecule has 0 heterocycles. The van der Waals surface area contributed by atoms with Gasteiger partial charge in [-0.05, 0) is 43.2 Å². The van der Waals surface area contributed by atoms with Crippen LogP contribution in [0.1, 0.15) is 54.3 Å². The molecule has 0 bridgehead atoms. The Labute approximate surface area is 178 Å². The van der Waals surface area contributed by atoms with Gasteiger partial charge in [0, 0.05) is 5.92 Å². The van der Waals surface area contributed by atoms with Crippen LogP contribution in [0.3, 0.4) is 0 Å². The van der Waals surface area contributed by atoms with Crippen LogP contribution in [0.15, 0.2) is 78.9 Å². The Hall–Kier alpha value is -3.27. The molecule has 0 amide bonds. The number of ether oxygens (including phenoxy) is 3. The van der Waals surface area contributed by atoms with Crippen molar-refractivity contribution in [3.8, 4) is 11.5 Å². The molecule has 30 heavy (non-hydrogen) atoms. The number of hydrogen-bond acceptors (Lipinski definition) is 4. The molecular formula is C26H28O4. The second-order valence-corrected chi connectivity index (χ2v) is 7.18. The monoisotopic (exact) mass is 404 g/mol. The van der Waals surface area contributed by atoms with Crippen LogP contribution in [0.4, 0.5) is 0 Å². The largest absolute Gasteiger partial charge is 0.489 e. The van der Waals surface area contributed by atoms with Crippen LogP contribution in [-0.2, 0) is 4.74 Å². The summed E-state index contributed by atoms with van der Waals surface area (Å²) in [7, 11) is 0. The van der Waals surface area contributed by atoms with Crippen LogP contribution in [0.2, 0.25) is 0 Å². The summed E-state index contributed by atoms with van der Waals surface area (Å²) < 4.78 is 17.4. The van der Waals surface area contributed by atoms with Gasteiger partial charge in [0.2, 0.25) is 0 Å². The molecular weight excluding hydrogens is 376 g/mol. The van der Waals surface area contributed by atoms with Gasteiger partial charge in [-0.1, -0.05) is 67.6 Å². The van der Waals surface area contributed by atoms with E-state index in [2.05, 4.69) is 19.1 Å². The second-order valence-electron chi connectivity index (χ2n) is 7.18. The zero-order valence-corrected chi connectivity index (χ0v) is 17.7. The lowest BCUT2D eigenvalue weighted by Crippen LogP contribution is -2.11. The predicted molar refractivity (Wildman–Crippen MR) is 118 cm³/mol. The van der Waals surface area contributed by atoms with E-state index in [1.807, 2.05) is 55.5 Å². The summed E-state index contributed by atoms with van der Waals surface area (Å²) >= 11 is 0. The lowest BCUT2D eigenvalue weighted by atomic mass is 10.0. The summed E-state index contributed by atoms with van der Waals surface area (Å²) in [6.07, 6.45) is -0.197. The standard InChI is InChI=1S/C26H28O4/c1-4-28-26(27)23-15-16-24(29-18-19(2)21-11-7-5-8-12-21)25(17-23)30-20(3)22-13-9-6-10-14-22/h5-17,19-20H,4,18H2,1-3H3/t19?,20-/m1/s1. The third-order valence-corrected chi connectivity index (χ3v) is 4.89. The van der Waals surface area contributed by atoms with Crippen molar-refractivity contribution in [2.24, 2.45) is 0 Å². The van der Waals surface area contributed by atoms with Gasteiger partial charge in [0.15, 0.2) is 11.5 Å². The highest BCUT2D eigenvalue weighted by atomic mass is 16.5. The molecule has 0 saturated heterocycles. The van der Waals surface area contributed by atoms with E-state index < -0.39 is 0 Å². The van der Waals surface area contributed by atoms with E-state index in [1.165, 1.54) is 5.56 Å². The molecule has 156 valence electrons. The van der Waals surface area contributed by atoms with E-state index in [0.717, 1.165) is 5.56 Å². The average molecular weight is 405 g/mol. The van der Waals surface area contributed by atoms with Crippen molar-refractivity contribution < 1.29 is 19.0 Å². The molecule has 4 heteroatoms. The molecule has 3 aromatic rings. The van der Waals surface area contributed by atoms with Gasteiger partial charge in [0.25, 0.3) is 0 Å². The highest BCUT2D eigenvalue weighted by Gasteiger charge is 2.17. The van der Waals surface area contributed by atoms with Crippen LogP contribution in [-0.4, -0.2) is 19.2 Å². The Kier molecular flexibility index (Phi) is 7.50. The average Bonchev–Trinajstić information content (AvgIpc) is 2.79. The van der Waals surface area contributed by atoms with Crippen molar-refractivity contribution in [1.29, 1.82) is 0 Å². The molecule has 3 aromatic carbocycles. The summed E-state index contributed by atoms with van der Waals surface area (Å²) in [5.41, 5.74) is 2.69. The maximum Gasteiger partial charge on any atom is 0.338 e. The first-order valence-electron chi connectivity index (χ1n) is 10.3. The Morgan fingerprint density at radius 2 is 1.47 bits per heavy atom. The Morgan fingerprint density at radius 1 is 0.833 bits per heavy atom. The zero-order chi connectivity index (χ0) is 21.3. The first-order valence-corrected chi connectivity index (χ1v) is 10.3. The van der Waals surface area contributed by atoms with Gasteiger partial charge in [0.05, 0.1) is 18.8 Å². The molecule has 0 aliphatic rings. The predicted octanol–water partition coefficient (Wildman–Crippen LogP) is 6.19. The van der Waals surface area contributed by atoms with Gasteiger partial charge in [-0.15, -0.1) is 0 Å². The summed E-state index contributed by atoms with van der Waals surface area (Å²) in [6, 6.07) is 25.4. The van der Waals surface area contributed by atoms with E-state index >= 15 is 0 Å². The van der Waals surface area contributed by atoms with Crippen molar-refractivity contribution in [3.05, 3.63) is 95.6 Å². The smallest absolute Gasteiger partial charge is 0.338 e. The Balaban J connectivity index is 1.80.